The van der Waals surface area contributed by atoms with E-state index in [-0.39, 0.29) is 32.5 Å². The quantitative estimate of drug-likeness (QED) is 0.210. The zero-order valence-corrected chi connectivity index (χ0v) is 17.9. The number of hydrogen-bond acceptors (Lipinski definition) is 8. The number of carbonyl (C=O) groups is 4. The van der Waals surface area contributed by atoms with Crippen molar-refractivity contribution < 1.29 is 38.9 Å². The molecule has 0 radical (unpaired) electrons. The highest BCUT2D eigenvalue weighted by Gasteiger charge is 2.62. The first-order valence-corrected chi connectivity index (χ1v) is 10.6. The zero-order valence-electron chi connectivity index (χ0n) is 17.1. The van der Waals surface area contributed by atoms with Crippen LogP contribution in [0.15, 0.2) is 42.3 Å². The fourth-order valence-electron chi connectivity index (χ4n) is 3.17. The molecule has 1 aromatic rings. The van der Waals surface area contributed by atoms with Gasteiger partial charge in [-0.05, 0) is 24.3 Å². The van der Waals surface area contributed by atoms with Gasteiger partial charge in [-0.3, -0.25) is 19.3 Å². The number of amides is 1. The van der Waals surface area contributed by atoms with Crippen LogP contribution in [0.2, 0.25) is 0 Å². The van der Waals surface area contributed by atoms with Crippen molar-refractivity contribution in [2.75, 3.05) is 13.2 Å². The van der Waals surface area contributed by atoms with Crippen molar-refractivity contribution in [1.82, 2.24) is 4.90 Å². The van der Waals surface area contributed by atoms with Crippen molar-refractivity contribution in [2.24, 2.45) is 5.92 Å². The minimum atomic E-state index is -2.54. The van der Waals surface area contributed by atoms with Gasteiger partial charge in [0.2, 0.25) is 11.6 Å². The molecule has 31 heavy (non-hydrogen) atoms. The average molecular weight is 451 g/mol. The Kier molecular flexibility index (Phi) is 8.64. The fourth-order valence-corrected chi connectivity index (χ4v) is 4.15. The Labute approximate surface area is 184 Å². The Morgan fingerprint density at radius 1 is 1.26 bits per heavy atom. The monoisotopic (exact) mass is 451 g/mol. The molecule has 9 nitrogen and oxygen atoms in total. The van der Waals surface area contributed by atoms with Crippen molar-refractivity contribution in [1.29, 1.82) is 0 Å². The molecule has 0 bridgehead atoms. The Morgan fingerprint density at radius 3 is 2.52 bits per heavy atom. The normalized spacial score (nSPS) is 19.7. The van der Waals surface area contributed by atoms with Crippen molar-refractivity contribution in [3.05, 3.63) is 47.9 Å². The predicted octanol–water partition coefficient (Wildman–Crippen LogP) is 1.55. The molecule has 1 saturated heterocycles. The van der Waals surface area contributed by atoms with Crippen LogP contribution >= 0.6 is 11.8 Å². The van der Waals surface area contributed by atoms with Gasteiger partial charge >= 0.3 is 17.9 Å². The molecule has 1 aliphatic heterocycles. The van der Waals surface area contributed by atoms with Gasteiger partial charge in [-0.1, -0.05) is 36.9 Å². The SMILES string of the molecule is C=CS[C@@H]1[C@H](C(=O)OCCCC(=O)OCC)C(=O)N1C(O)(Cc1ccccc1)C(=O)O. The number of β-lactam (4-membered cyclic amide) rings is 1. The van der Waals surface area contributed by atoms with Crippen molar-refractivity contribution in [3.8, 4) is 0 Å². The number of likely N-dealkylation sites (tertiary alicyclic amines) is 1. The maximum Gasteiger partial charge on any atom is 0.357 e. The lowest BCUT2D eigenvalue weighted by atomic mass is 9.90. The highest BCUT2D eigenvalue weighted by atomic mass is 32.2. The maximum atomic E-state index is 12.7. The van der Waals surface area contributed by atoms with Crippen LogP contribution in [0.25, 0.3) is 0 Å². The molecule has 0 spiro atoms. The van der Waals surface area contributed by atoms with Crippen LogP contribution in [0.5, 0.6) is 0 Å². The summed E-state index contributed by atoms with van der Waals surface area (Å²) in [6, 6.07) is 8.36. The number of thioether (sulfide) groups is 1. The lowest BCUT2D eigenvalue weighted by molar-refractivity contribution is -0.210. The van der Waals surface area contributed by atoms with Crippen LogP contribution in [0.1, 0.15) is 25.3 Å². The largest absolute Gasteiger partial charge is 0.478 e. The van der Waals surface area contributed by atoms with E-state index < -0.39 is 40.8 Å². The number of carboxylic acids is 1. The van der Waals surface area contributed by atoms with E-state index in [1.165, 1.54) is 5.41 Å². The summed E-state index contributed by atoms with van der Waals surface area (Å²) < 4.78 is 9.87. The summed E-state index contributed by atoms with van der Waals surface area (Å²) in [5.41, 5.74) is -2.03. The number of aliphatic carboxylic acids is 1. The third kappa shape index (κ3) is 5.65. The Balaban J connectivity index is 2.09. The third-order valence-electron chi connectivity index (χ3n) is 4.64. The highest BCUT2D eigenvalue weighted by Crippen LogP contribution is 2.42. The topological polar surface area (TPSA) is 130 Å². The van der Waals surface area contributed by atoms with Crippen molar-refractivity contribution in [3.63, 3.8) is 0 Å². The molecule has 0 aliphatic carbocycles. The molecule has 2 N–H and O–H groups in total. The van der Waals surface area contributed by atoms with Crippen LogP contribution in [-0.2, 0) is 35.1 Å². The summed E-state index contributed by atoms with van der Waals surface area (Å²) >= 11 is 0.943. The molecule has 2 rings (SSSR count). The second kappa shape index (κ2) is 11.0. The molecule has 1 aliphatic rings. The Bertz CT molecular complexity index is 830. The van der Waals surface area contributed by atoms with Gasteiger partial charge in [0.25, 0.3) is 0 Å². The summed E-state index contributed by atoms with van der Waals surface area (Å²) in [6.45, 7) is 5.39. The summed E-state index contributed by atoms with van der Waals surface area (Å²) in [4.78, 5) is 49.2. The number of rotatable bonds is 12. The van der Waals surface area contributed by atoms with E-state index in [0.29, 0.717) is 5.56 Å². The standard InChI is InChI=1S/C21H25NO8S/c1-3-29-15(23)11-8-12-30-19(25)16-17(24)22(18(16)31-4-2)21(28,20(26)27)13-14-9-6-5-7-10-14/h4-7,9-10,16,18,28H,2-3,8,11-13H2,1H3,(H,26,27)/t16-,18-,21?/m1/s1. The van der Waals surface area contributed by atoms with Gasteiger partial charge in [-0.2, -0.15) is 0 Å². The molecule has 1 aromatic carbocycles. The van der Waals surface area contributed by atoms with E-state index >= 15 is 0 Å². The minimum Gasteiger partial charge on any atom is -0.478 e. The first-order valence-electron chi connectivity index (χ1n) is 9.67. The highest BCUT2D eigenvalue weighted by molar-refractivity contribution is 8.02. The minimum absolute atomic E-state index is 0.0620. The van der Waals surface area contributed by atoms with Crippen molar-refractivity contribution in [2.45, 2.75) is 37.3 Å². The fraction of sp³-hybridized carbons (Fsp3) is 0.429. The molecule has 168 valence electrons. The smallest absolute Gasteiger partial charge is 0.357 e. The van der Waals surface area contributed by atoms with Gasteiger partial charge < -0.3 is 19.7 Å². The van der Waals surface area contributed by atoms with E-state index in [1.807, 2.05) is 0 Å². The molecule has 3 atom stereocenters. The number of hydrogen-bond donors (Lipinski definition) is 2. The molecule has 10 heteroatoms. The molecule has 0 saturated carbocycles. The number of ether oxygens (including phenoxy) is 2. The summed E-state index contributed by atoms with van der Waals surface area (Å²) in [5, 5.41) is 21.0. The molecule has 1 fully saturated rings. The second-order valence-electron chi connectivity index (χ2n) is 6.74. The molecular weight excluding hydrogens is 426 g/mol. The predicted molar refractivity (Wildman–Crippen MR) is 111 cm³/mol. The number of carbonyl (C=O) groups excluding carboxylic acids is 3. The number of benzene rings is 1. The Morgan fingerprint density at radius 2 is 1.94 bits per heavy atom. The van der Waals surface area contributed by atoms with Gasteiger partial charge in [-0.15, -0.1) is 11.8 Å². The van der Waals surface area contributed by atoms with Gasteiger partial charge in [0.1, 0.15) is 5.37 Å². The van der Waals surface area contributed by atoms with Crippen molar-refractivity contribution >= 4 is 35.6 Å². The number of aliphatic hydroxyl groups is 1. The van der Waals surface area contributed by atoms with Gasteiger partial charge in [-0.25, -0.2) is 4.79 Å². The first-order chi connectivity index (χ1) is 14.8. The summed E-state index contributed by atoms with van der Waals surface area (Å²) in [7, 11) is 0. The molecule has 1 amide bonds. The van der Waals surface area contributed by atoms with Gasteiger partial charge in [0, 0.05) is 12.8 Å². The summed E-state index contributed by atoms with van der Waals surface area (Å²) in [5.74, 6) is -5.02. The first kappa shape index (κ1) is 24.4. The maximum absolute atomic E-state index is 12.7. The molecule has 1 heterocycles. The van der Waals surface area contributed by atoms with Crippen LogP contribution in [0, 0.1) is 5.92 Å². The van der Waals surface area contributed by atoms with Crippen LogP contribution in [0.3, 0.4) is 0 Å². The lowest BCUT2D eigenvalue weighted by Crippen LogP contribution is -2.73. The van der Waals surface area contributed by atoms with E-state index in [2.05, 4.69) is 6.58 Å². The van der Waals surface area contributed by atoms with Gasteiger partial charge in [0.05, 0.1) is 13.2 Å². The molecule has 0 aromatic heterocycles. The average Bonchev–Trinajstić information content (AvgIpc) is 2.72. The third-order valence-corrected chi connectivity index (χ3v) is 5.60. The van der Waals surface area contributed by atoms with Crippen LogP contribution in [-0.4, -0.2) is 63.2 Å². The number of esters is 2. The number of nitrogens with zero attached hydrogens (tertiary/aromatic N) is 1. The van der Waals surface area contributed by atoms with E-state index in [1.54, 1.807) is 37.3 Å². The number of carboxylic acid groups (broad SMARTS) is 1. The lowest BCUT2D eigenvalue weighted by Gasteiger charge is -2.51. The second-order valence-corrected chi connectivity index (χ2v) is 7.83. The van der Waals surface area contributed by atoms with E-state index in [0.717, 1.165) is 16.7 Å². The zero-order chi connectivity index (χ0) is 23.0. The molecule has 1 unspecified atom stereocenters. The Hall–Kier alpha value is -2.85. The van der Waals surface area contributed by atoms with Gasteiger partial charge in [0.15, 0.2) is 5.92 Å². The van der Waals surface area contributed by atoms with E-state index in [9.17, 15) is 29.4 Å². The van der Waals surface area contributed by atoms with E-state index in [4.69, 9.17) is 9.47 Å². The molecular formula is C21H25NO8S. The summed E-state index contributed by atoms with van der Waals surface area (Å²) in [6.07, 6.45) is -0.0709. The van der Waals surface area contributed by atoms with Crippen LogP contribution in [0.4, 0.5) is 0 Å². The van der Waals surface area contributed by atoms with Crippen LogP contribution < -0.4 is 0 Å².